The smallest absolute Gasteiger partial charge is 0.236 e. The Balaban J connectivity index is 1.85. The highest BCUT2D eigenvalue weighted by molar-refractivity contribution is 7.92. The van der Waals surface area contributed by atoms with E-state index in [0.29, 0.717) is 11.4 Å². The van der Waals surface area contributed by atoms with Crippen molar-refractivity contribution in [3.05, 3.63) is 36.7 Å². The maximum Gasteiger partial charge on any atom is 0.236 e. The Morgan fingerprint density at radius 2 is 2.26 bits per heavy atom. The molecule has 7 nitrogen and oxygen atoms in total. The summed E-state index contributed by atoms with van der Waals surface area (Å²) in [5, 5.41) is 3.40. The molecule has 102 valence electrons. The SMILES string of the molecule is Nc1cccc(OCCS(=O)(=O)Nc2cnoc2)c1. The molecule has 1 heterocycles. The second-order valence-corrected chi connectivity index (χ2v) is 5.60. The van der Waals surface area contributed by atoms with Gasteiger partial charge in [-0.05, 0) is 12.1 Å². The number of aromatic nitrogens is 1. The predicted octanol–water partition coefficient (Wildman–Crippen LogP) is 1.08. The molecule has 19 heavy (non-hydrogen) atoms. The number of hydrogen-bond donors (Lipinski definition) is 2. The van der Waals surface area contributed by atoms with Gasteiger partial charge in [0, 0.05) is 11.8 Å². The fourth-order valence-electron chi connectivity index (χ4n) is 1.36. The maximum atomic E-state index is 11.7. The summed E-state index contributed by atoms with van der Waals surface area (Å²) in [6.45, 7) is 0.0179. The molecule has 1 aromatic carbocycles. The van der Waals surface area contributed by atoms with Crippen molar-refractivity contribution in [3.8, 4) is 5.75 Å². The van der Waals surface area contributed by atoms with E-state index in [4.69, 9.17) is 10.5 Å². The summed E-state index contributed by atoms with van der Waals surface area (Å²) < 4.78 is 35.5. The van der Waals surface area contributed by atoms with Crippen molar-refractivity contribution in [2.75, 3.05) is 22.8 Å². The number of sulfonamides is 1. The minimum atomic E-state index is -3.49. The van der Waals surface area contributed by atoms with Crippen LogP contribution in [0.25, 0.3) is 0 Å². The van der Waals surface area contributed by atoms with Crippen LogP contribution in [0.2, 0.25) is 0 Å². The summed E-state index contributed by atoms with van der Waals surface area (Å²) in [5.41, 5.74) is 6.42. The lowest BCUT2D eigenvalue weighted by molar-refractivity contribution is 0.341. The third-order valence-corrected chi connectivity index (χ3v) is 3.44. The molecule has 0 saturated carbocycles. The molecule has 0 bridgehead atoms. The van der Waals surface area contributed by atoms with Crippen molar-refractivity contribution in [2.45, 2.75) is 0 Å². The Morgan fingerprint density at radius 1 is 1.42 bits per heavy atom. The molecule has 2 rings (SSSR count). The molecule has 8 heteroatoms. The molecule has 0 aliphatic carbocycles. The van der Waals surface area contributed by atoms with E-state index in [1.54, 1.807) is 24.3 Å². The Kier molecular flexibility index (Phi) is 3.91. The lowest BCUT2D eigenvalue weighted by Crippen LogP contribution is -2.21. The van der Waals surface area contributed by atoms with Crippen LogP contribution < -0.4 is 15.2 Å². The first kappa shape index (κ1) is 13.2. The van der Waals surface area contributed by atoms with Crippen molar-refractivity contribution in [3.63, 3.8) is 0 Å². The van der Waals surface area contributed by atoms with E-state index in [1.165, 1.54) is 12.5 Å². The van der Waals surface area contributed by atoms with Crippen LogP contribution in [-0.2, 0) is 10.0 Å². The Labute approximate surface area is 110 Å². The summed E-state index contributed by atoms with van der Waals surface area (Å²) in [5.74, 6) is 0.340. The van der Waals surface area contributed by atoms with Gasteiger partial charge in [-0.15, -0.1) is 0 Å². The van der Waals surface area contributed by atoms with Crippen LogP contribution in [0, 0.1) is 0 Å². The van der Waals surface area contributed by atoms with Gasteiger partial charge in [-0.3, -0.25) is 4.72 Å². The molecule has 0 spiro atoms. The van der Waals surface area contributed by atoms with E-state index in [1.807, 2.05) is 0 Å². The minimum absolute atomic E-state index is 0.0179. The van der Waals surface area contributed by atoms with Gasteiger partial charge in [-0.2, -0.15) is 0 Å². The first-order valence-electron chi connectivity index (χ1n) is 5.43. The fourth-order valence-corrected chi connectivity index (χ4v) is 2.22. The first-order chi connectivity index (χ1) is 9.05. The highest BCUT2D eigenvalue weighted by atomic mass is 32.2. The molecule has 0 atom stereocenters. The van der Waals surface area contributed by atoms with Crippen molar-refractivity contribution in [1.82, 2.24) is 5.16 Å². The van der Waals surface area contributed by atoms with Crippen molar-refractivity contribution >= 4 is 21.4 Å². The average Bonchev–Trinajstić information content (AvgIpc) is 2.80. The summed E-state index contributed by atoms with van der Waals surface area (Å²) in [6, 6.07) is 6.78. The van der Waals surface area contributed by atoms with Crippen LogP contribution in [0.15, 0.2) is 41.2 Å². The average molecular weight is 283 g/mol. The zero-order valence-electron chi connectivity index (χ0n) is 9.94. The number of nitrogens with one attached hydrogen (secondary N) is 1. The largest absolute Gasteiger partial charge is 0.492 e. The van der Waals surface area contributed by atoms with Gasteiger partial charge in [0.1, 0.15) is 30.1 Å². The topological polar surface area (TPSA) is 107 Å². The number of benzene rings is 1. The van der Waals surface area contributed by atoms with Crippen LogP contribution in [-0.4, -0.2) is 25.9 Å². The molecule has 2 aromatic rings. The Hall–Kier alpha value is -2.22. The third kappa shape index (κ3) is 4.18. The van der Waals surface area contributed by atoms with Gasteiger partial charge in [-0.1, -0.05) is 11.2 Å². The molecule has 1 aromatic heterocycles. The van der Waals surface area contributed by atoms with Crippen LogP contribution in [0.5, 0.6) is 5.75 Å². The van der Waals surface area contributed by atoms with E-state index < -0.39 is 10.0 Å². The van der Waals surface area contributed by atoms with Gasteiger partial charge in [0.2, 0.25) is 10.0 Å². The van der Waals surface area contributed by atoms with Gasteiger partial charge in [0.05, 0.1) is 6.20 Å². The van der Waals surface area contributed by atoms with E-state index >= 15 is 0 Å². The molecule has 0 unspecified atom stereocenters. The van der Waals surface area contributed by atoms with E-state index in [9.17, 15) is 8.42 Å². The van der Waals surface area contributed by atoms with Crippen LogP contribution >= 0.6 is 0 Å². The van der Waals surface area contributed by atoms with Crippen molar-refractivity contribution in [2.24, 2.45) is 0 Å². The molecule has 0 radical (unpaired) electrons. The lowest BCUT2D eigenvalue weighted by atomic mass is 10.3. The van der Waals surface area contributed by atoms with Gasteiger partial charge < -0.3 is 15.0 Å². The van der Waals surface area contributed by atoms with Crippen LogP contribution in [0.3, 0.4) is 0 Å². The molecule has 0 fully saturated rings. The molecule has 3 N–H and O–H groups in total. The number of anilines is 2. The number of ether oxygens (including phenoxy) is 1. The van der Waals surface area contributed by atoms with Gasteiger partial charge in [0.25, 0.3) is 0 Å². The summed E-state index contributed by atoms with van der Waals surface area (Å²) in [7, 11) is -3.49. The van der Waals surface area contributed by atoms with Crippen LogP contribution in [0.1, 0.15) is 0 Å². The van der Waals surface area contributed by atoms with E-state index in [-0.39, 0.29) is 18.0 Å². The standard InChI is InChI=1S/C11H13N3O4S/c12-9-2-1-3-11(6-9)17-4-5-19(15,16)14-10-7-13-18-8-10/h1-3,6-8,14H,4-5,12H2. The summed E-state index contributed by atoms with van der Waals surface area (Å²) in [4.78, 5) is 0. The number of rotatable bonds is 6. The van der Waals surface area contributed by atoms with Crippen LogP contribution in [0.4, 0.5) is 11.4 Å². The zero-order chi connectivity index (χ0) is 13.7. The zero-order valence-corrected chi connectivity index (χ0v) is 10.8. The first-order valence-corrected chi connectivity index (χ1v) is 7.09. The lowest BCUT2D eigenvalue weighted by Gasteiger charge is -2.08. The highest BCUT2D eigenvalue weighted by Crippen LogP contribution is 2.14. The second kappa shape index (κ2) is 5.61. The Bertz CT molecular complexity index is 625. The number of nitrogen functional groups attached to an aromatic ring is 1. The number of nitrogens with zero attached hydrogens (tertiary/aromatic N) is 1. The Morgan fingerprint density at radius 3 is 2.95 bits per heavy atom. The fraction of sp³-hybridized carbons (Fsp3) is 0.182. The molecule has 0 saturated heterocycles. The molecular formula is C11H13N3O4S. The minimum Gasteiger partial charge on any atom is -0.492 e. The normalized spacial score (nSPS) is 11.2. The number of nitrogens with two attached hydrogens (primary N) is 1. The quantitative estimate of drug-likeness (QED) is 0.768. The summed E-state index contributed by atoms with van der Waals surface area (Å²) in [6.07, 6.45) is 2.48. The molecular weight excluding hydrogens is 270 g/mol. The second-order valence-electron chi connectivity index (χ2n) is 3.75. The maximum absolute atomic E-state index is 11.7. The summed E-state index contributed by atoms with van der Waals surface area (Å²) >= 11 is 0. The van der Waals surface area contributed by atoms with E-state index in [0.717, 1.165) is 0 Å². The van der Waals surface area contributed by atoms with E-state index in [2.05, 4.69) is 14.4 Å². The third-order valence-electron chi connectivity index (χ3n) is 2.18. The molecule has 0 amide bonds. The monoisotopic (exact) mass is 283 g/mol. The molecule has 0 aliphatic heterocycles. The van der Waals surface area contributed by atoms with Gasteiger partial charge in [0.15, 0.2) is 0 Å². The van der Waals surface area contributed by atoms with Gasteiger partial charge in [-0.25, -0.2) is 8.42 Å². The molecule has 0 aliphatic rings. The van der Waals surface area contributed by atoms with Crippen molar-refractivity contribution < 1.29 is 17.7 Å². The number of hydrogen-bond acceptors (Lipinski definition) is 6. The highest BCUT2D eigenvalue weighted by Gasteiger charge is 2.11. The van der Waals surface area contributed by atoms with Crippen molar-refractivity contribution in [1.29, 1.82) is 0 Å². The predicted molar refractivity (Wildman–Crippen MR) is 70.3 cm³/mol. The van der Waals surface area contributed by atoms with Gasteiger partial charge >= 0.3 is 0 Å².